The molecule has 0 bridgehead atoms. The van der Waals surface area contributed by atoms with Gasteiger partial charge in [-0.1, -0.05) is 18.2 Å². The van der Waals surface area contributed by atoms with Crippen LogP contribution in [0.2, 0.25) is 0 Å². The predicted octanol–water partition coefficient (Wildman–Crippen LogP) is 4.89. The zero-order chi connectivity index (χ0) is 24.6. The second-order valence-electron chi connectivity index (χ2n) is 9.94. The average Bonchev–Trinajstić information content (AvgIpc) is 3.83. The molecule has 2 heterocycles. The molecule has 6 rings (SSSR count). The van der Waals surface area contributed by atoms with Crippen molar-refractivity contribution < 1.29 is 18.7 Å². The third-order valence-corrected chi connectivity index (χ3v) is 7.94. The number of rotatable bonds is 8. The van der Waals surface area contributed by atoms with E-state index in [-0.39, 0.29) is 36.2 Å². The first kappa shape index (κ1) is 23.2. The van der Waals surface area contributed by atoms with Crippen LogP contribution in [0.1, 0.15) is 63.9 Å². The Balaban J connectivity index is 1.21. The summed E-state index contributed by atoms with van der Waals surface area (Å²) in [6, 6.07) is 12.1. The summed E-state index contributed by atoms with van der Waals surface area (Å²) < 4.78 is 20.2. The molecule has 2 saturated carbocycles. The fraction of sp³-hybridized carbons (Fsp3) is 0.393. The first-order valence-electron chi connectivity index (χ1n) is 12.6. The van der Waals surface area contributed by atoms with Gasteiger partial charge in [-0.3, -0.25) is 9.59 Å². The van der Waals surface area contributed by atoms with E-state index in [4.69, 9.17) is 4.74 Å². The number of nitrogens with zero attached hydrogens (tertiary/aromatic N) is 2. The van der Waals surface area contributed by atoms with Crippen LogP contribution in [0.5, 0.6) is 5.75 Å². The summed E-state index contributed by atoms with van der Waals surface area (Å²) in [4.78, 5) is 31.8. The highest BCUT2D eigenvalue weighted by atomic mass is 32.1. The van der Waals surface area contributed by atoms with Crippen molar-refractivity contribution in [2.45, 2.75) is 44.8 Å². The molecule has 8 heteroatoms. The fourth-order valence-corrected chi connectivity index (χ4v) is 5.48. The first-order valence-corrected chi connectivity index (χ1v) is 13.5. The lowest BCUT2D eigenvalue weighted by atomic mass is 9.87. The minimum absolute atomic E-state index is 0.0858. The quantitative estimate of drug-likeness (QED) is 0.474. The summed E-state index contributed by atoms with van der Waals surface area (Å²) in [7, 11) is 0. The lowest BCUT2D eigenvalue weighted by Crippen LogP contribution is -2.41. The van der Waals surface area contributed by atoms with Crippen LogP contribution < -0.4 is 10.1 Å². The molecule has 6 nitrogen and oxygen atoms in total. The molecular formula is C28H28FN3O3S. The van der Waals surface area contributed by atoms with Crippen LogP contribution >= 0.6 is 11.3 Å². The van der Waals surface area contributed by atoms with Gasteiger partial charge < -0.3 is 15.0 Å². The van der Waals surface area contributed by atoms with Gasteiger partial charge in [0.05, 0.1) is 6.04 Å². The minimum Gasteiger partial charge on any atom is -0.486 e. The summed E-state index contributed by atoms with van der Waals surface area (Å²) in [6.07, 6.45) is 4.98. The highest BCUT2D eigenvalue weighted by molar-refractivity contribution is 7.09. The summed E-state index contributed by atoms with van der Waals surface area (Å²) >= 11 is 1.40. The number of carbonyl (C=O) groups excluding carboxylic acids is 2. The van der Waals surface area contributed by atoms with Gasteiger partial charge in [0.15, 0.2) is 0 Å². The van der Waals surface area contributed by atoms with Gasteiger partial charge >= 0.3 is 0 Å². The van der Waals surface area contributed by atoms with Crippen molar-refractivity contribution >= 4 is 23.2 Å². The Morgan fingerprint density at radius 3 is 2.78 bits per heavy atom. The highest BCUT2D eigenvalue weighted by Crippen LogP contribution is 2.41. The van der Waals surface area contributed by atoms with Gasteiger partial charge in [-0.15, -0.1) is 11.3 Å². The molecule has 0 saturated heterocycles. The van der Waals surface area contributed by atoms with E-state index in [1.165, 1.54) is 36.3 Å². The molecule has 1 aliphatic heterocycles. The van der Waals surface area contributed by atoms with Gasteiger partial charge in [0.1, 0.15) is 28.9 Å². The first-order chi connectivity index (χ1) is 17.5. The standard InChI is InChI=1S/C28H28FN3O3S/c29-21-3-1-2-20(12-21)26-23-13-22(9-8-18(23)10-11-32(26)28(34)19-6-7-19)35-15-25-31-24(16-36-25)27(33)30-14-17-4-5-17/h1-3,8-9,12-13,16-17,19,26H,4-7,10-11,14-15H2,(H,30,33)/t26-/m1/s1. The second kappa shape index (κ2) is 9.65. The van der Waals surface area contributed by atoms with Crippen molar-refractivity contribution in [3.8, 4) is 5.75 Å². The number of amides is 2. The Bertz CT molecular complexity index is 1300. The third kappa shape index (κ3) is 5.00. The summed E-state index contributed by atoms with van der Waals surface area (Å²) in [5, 5.41) is 5.42. The zero-order valence-corrected chi connectivity index (χ0v) is 20.7. The van der Waals surface area contributed by atoms with Gasteiger partial charge in [-0.2, -0.15) is 0 Å². The summed E-state index contributed by atoms with van der Waals surface area (Å²) in [5.74, 6) is 1.05. The Labute approximate surface area is 213 Å². The number of hydrogen-bond acceptors (Lipinski definition) is 5. The Hall–Kier alpha value is -3.26. The number of nitrogens with one attached hydrogen (secondary N) is 1. The molecule has 2 aliphatic carbocycles. The van der Waals surface area contributed by atoms with Crippen molar-refractivity contribution in [2.24, 2.45) is 11.8 Å². The molecule has 3 aliphatic rings. The average molecular weight is 506 g/mol. The molecule has 1 N–H and O–H groups in total. The number of fused-ring (bicyclic) bond motifs is 1. The Kier molecular flexibility index (Phi) is 6.21. The van der Waals surface area contributed by atoms with Crippen molar-refractivity contribution in [1.29, 1.82) is 0 Å². The van der Waals surface area contributed by atoms with E-state index < -0.39 is 0 Å². The van der Waals surface area contributed by atoms with Crippen LogP contribution in [-0.2, 0) is 17.8 Å². The van der Waals surface area contributed by atoms with Crippen molar-refractivity contribution in [3.05, 3.63) is 81.1 Å². The van der Waals surface area contributed by atoms with Gasteiger partial charge in [-0.05, 0) is 79.0 Å². The number of halogens is 1. The van der Waals surface area contributed by atoms with E-state index >= 15 is 0 Å². The normalized spacial score (nSPS) is 19.0. The lowest BCUT2D eigenvalue weighted by Gasteiger charge is -2.38. The molecule has 3 aromatic rings. The molecule has 2 aromatic carbocycles. The maximum atomic E-state index is 14.2. The maximum Gasteiger partial charge on any atom is 0.270 e. The monoisotopic (exact) mass is 505 g/mol. The van der Waals surface area contributed by atoms with Crippen molar-refractivity contribution in [2.75, 3.05) is 13.1 Å². The molecule has 0 unspecified atom stereocenters. The highest BCUT2D eigenvalue weighted by Gasteiger charge is 2.39. The van der Waals surface area contributed by atoms with E-state index in [0.717, 1.165) is 41.0 Å². The fourth-order valence-electron chi connectivity index (χ4n) is 4.80. The number of benzene rings is 2. The van der Waals surface area contributed by atoms with Gasteiger partial charge in [0.2, 0.25) is 5.91 Å². The SMILES string of the molecule is O=C(NCC1CC1)c1csc(COc2ccc3c(c2)[C@@H](c2cccc(F)c2)N(C(=O)C2CC2)CC3)n1. The van der Waals surface area contributed by atoms with Crippen LogP contribution in [0.15, 0.2) is 47.8 Å². The van der Waals surface area contributed by atoms with Gasteiger partial charge in [0, 0.05) is 24.4 Å². The third-order valence-electron chi connectivity index (χ3n) is 7.11. The molecule has 186 valence electrons. The van der Waals surface area contributed by atoms with E-state index in [0.29, 0.717) is 30.5 Å². The lowest BCUT2D eigenvalue weighted by molar-refractivity contribution is -0.134. The van der Waals surface area contributed by atoms with Crippen LogP contribution in [0.4, 0.5) is 4.39 Å². The number of hydrogen-bond donors (Lipinski definition) is 1. The van der Waals surface area contributed by atoms with Crippen LogP contribution in [0.25, 0.3) is 0 Å². The molecule has 2 fully saturated rings. The smallest absolute Gasteiger partial charge is 0.270 e. The summed E-state index contributed by atoms with van der Waals surface area (Å²) in [6.45, 7) is 1.58. The van der Waals surface area contributed by atoms with Gasteiger partial charge in [0.25, 0.3) is 5.91 Å². The summed E-state index contributed by atoms with van der Waals surface area (Å²) in [5.41, 5.74) is 3.30. The van der Waals surface area contributed by atoms with E-state index in [2.05, 4.69) is 10.3 Å². The maximum absolute atomic E-state index is 14.2. The molecule has 0 radical (unpaired) electrons. The largest absolute Gasteiger partial charge is 0.486 e. The molecule has 1 aromatic heterocycles. The van der Waals surface area contributed by atoms with E-state index in [1.807, 2.05) is 29.2 Å². The Morgan fingerprint density at radius 2 is 2.00 bits per heavy atom. The number of thiazole rings is 1. The van der Waals surface area contributed by atoms with Crippen molar-refractivity contribution in [1.82, 2.24) is 15.2 Å². The van der Waals surface area contributed by atoms with Crippen LogP contribution in [0.3, 0.4) is 0 Å². The van der Waals surface area contributed by atoms with Crippen LogP contribution in [-0.4, -0.2) is 34.8 Å². The zero-order valence-electron chi connectivity index (χ0n) is 19.9. The topological polar surface area (TPSA) is 71.5 Å². The molecule has 0 spiro atoms. The molecular weight excluding hydrogens is 477 g/mol. The molecule has 1 atom stereocenters. The number of ether oxygens (including phenoxy) is 1. The Morgan fingerprint density at radius 1 is 1.14 bits per heavy atom. The minimum atomic E-state index is -0.345. The molecule has 36 heavy (non-hydrogen) atoms. The van der Waals surface area contributed by atoms with Crippen molar-refractivity contribution in [3.63, 3.8) is 0 Å². The van der Waals surface area contributed by atoms with Gasteiger partial charge in [-0.25, -0.2) is 9.37 Å². The van der Waals surface area contributed by atoms with E-state index in [9.17, 15) is 14.0 Å². The number of aromatic nitrogens is 1. The van der Waals surface area contributed by atoms with Crippen LogP contribution in [0, 0.1) is 17.7 Å². The van der Waals surface area contributed by atoms with E-state index in [1.54, 1.807) is 11.4 Å². The number of carbonyl (C=O) groups is 2. The predicted molar refractivity (Wildman–Crippen MR) is 134 cm³/mol. The second-order valence-corrected chi connectivity index (χ2v) is 10.9. The molecule has 2 amide bonds.